The van der Waals surface area contributed by atoms with E-state index < -0.39 is 11.6 Å². The first kappa shape index (κ1) is 29.2. The molecule has 1 aromatic heterocycles. The van der Waals surface area contributed by atoms with Gasteiger partial charge in [0.05, 0.1) is 4.70 Å². The van der Waals surface area contributed by atoms with Crippen LogP contribution in [0.2, 0.25) is 0 Å². The van der Waals surface area contributed by atoms with Crippen LogP contribution in [0.1, 0.15) is 56.1 Å². The van der Waals surface area contributed by atoms with Crippen molar-refractivity contribution in [2.75, 3.05) is 32.7 Å². The van der Waals surface area contributed by atoms with Gasteiger partial charge in [0.1, 0.15) is 22.9 Å². The number of hydrogen-bond donors (Lipinski definition) is 4. The highest BCUT2D eigenvalue weighted by Gasteiger charge is 2.16. The lowest BCUT2D eigenvalue weighted by Gasteiger charge is -2.23. The van der Waals surface area contributed by atoms with Crippen LogP contribution in [-0.2, 0) is 17.6 Å². The van der Waals surface area contributed by atoms with Gasteiger partial charge >= 0.3 is 4.87 Å². The van der Waals surface area contributed by atoms with Crippen LogP contribution in [0.5, 0.6) is 5.75 Å². The lowest BCUT2D eigenvalue weighted by Crippen LogP contribution is -2.39. The van der Waals surface area contributed by atoms with Gasteiger partial charge in [0, 0.05) is 44.7 Å². The monoisotopic (exact) mass is 560 g/mol. The van der Waals surface area contributed by atoms with E-state index >= 15 is 0 Å². The standard InChI is InChI=1S/C29H38F2N4O3S/c30-22-9-7-20(24(31)19-22)12-16-35(17-13-26(37)33-23-5-3-1-2-4-6-23)18-15-32-14-11-21-8-10-25(36)27-28(21)39-29(38)34-27/h7-10,19,23,32,36H,1-6,11-18H2,(H,33,37)(H,34,38). The van der Waals surface area contributed by atoms with Crippen molar-refractivity contribution >= 4 is 27.5 Å². The maximum atomic E-state index is 14.2. The Morgan fingerprint density at radius 2 is 1.77 bits per heavy atom. The fraction of sp³-hybridized carbons (Fsp3) is 0.517. The number of aromatic hydroxyl groups is 1. The number of phenols is 1. The number of benzene rings is 2. The molecule has 39 heavy (non-hydrogen) atoms. The third-order valence-corrected chi connectivity index (χ3v) is 8.36. The number of fused-ring (bicyclic) bond motifs is 1. The number of nitrogens with one attached hydrogen (secondary N) is 3. The second-order valence-corrected chi connectivity index (χ2v) is 11.3. The van der Waals surface area contributed by atoms with E-state index in [0.29, 0.717) is 63.1 Å². The Labute approximate surface area is 231 Å². The first-order valence-electron chi connectivity index (χ1n) is 13.9. The molecular weight excluding hydrogens is 522 g/mol. The maximum Gasteiger partial charge on any atom is 0.305 e. The molecule has 0 radical (unpaired) electrons. The Bertz CT molecular complexity index is 1290. The molecule has 212 valence electrons. The smallest absolute Gasteiger partial charge is 0.305 e. The summed E-state index contributed by atoms with van der Waals surface area (Å²) in [5, 5.41) is 16.6. The Kier molecular flexibility index (Phi) is 10.9. The van der Waals surface area contributed by atoms with Crippen LogP contribution in [0.3, 0.4) is 0 Å². The molecule has 0 saturated heterocycles. The first-order chi connectivity index (χ1) is 18.9. The zero-order valence-corrected chi connectivity index (χ0v) is 23.1. The average Bonchev–Trinajstić information content (AvgIpc) is 3.13. The molecule has 7 nitrogen and oxygen atoms in total. The number of thiazole rings is 1. The average molecular weight is 561 g/mol. The quantitative estimate of drug-likeness (QED) is 0.183. The van der Waals surface area contributed by atoms with Crippen molar-refractivity contribution in [3.05, 3.63) is 62.8 Å². The molecule has 4 N–H and O–H groups in total. The number of H-pyrrole nitrogens is 1. The van der Waals surface area contributed by atoms with Gasteiger partial charge in [-0.05, 0) is 55.5 Å². The summed E-state index contributed by atoms with van der Waals surface area (Å²) in [5.74, 6) is -1.03. The topological polar surface area (TPSA) is 97.5 Å². The van der Waals surface area contributed by atoms with Gasteiger partial charge in [0.2, 0.25) is 5.91 Å². The van der Waals surface area contributed by atoms with Crippen LogP contribution < -0.4 is 15.5 Å². The highest BCUT2D eigenvalue weighted by molar-refractivity contribution is 7.16. The Morgan fingerprint density at radius 1 is 1.00 bits per heavy atom. The van der Waals surface area contributed by atoms with Gasteiger partial charge < -0.3 is 25.6 Å². The van der Waals surface area contributed by atoms with Gasteiger partial charge in [0.25, 0.3) is 0 Å². The molecule has 1 amide bonds. The number of hydrogen-bond acceptors (Lipinski definition) is 6. The summed E-state index contributed by atoms with van der Waals surface area (Å²) in [7, 11) is 0. The number of nitrogens with zero attached hydrogens (tertiary/aromatic N) is 1. The van der Waals surface area contributed by atoms with Crippen LogP contribution in [0.25, 0.3) is 10.2 Å². The number of carbonyl (C=O) groups excluding carboxylic acids is 1. The van der Waals surface area contributed by atoms with Crippen LogP contribution in [0.4, 0.5) is 8.78 Å². The number of amides is 1. The molecule has 1 fully saturated rings. The molecule has 0 spiro atoms. The number of carbonyl (C=O) groups is 1. The highest BCUT2D eigenvalue weighted by Crippen LogP contribution is 2.27. The molecule has 0 unspecified atom stereocenters. The molecule has 1 aliphatic rings. The molecule has 1 saturated carbocycles. The van der Waals surface area contributed by atoms with Gasteiger partial charge in [-0.2, -0.15) is 0 Å². The van der Waals surface area contributed by atoms with Crippen molar-refractivity contribution in [2.45, 2.75) is 63.8 Å². The summed E-state index contributed by atoms with van der Waals surface area (Å²) in [6.07, 6.45) is 8.34. The molecule has 0 aliphatic heterocycles. The molecule has 4 rings (SSSR count). The normalized spacial score (nSPS) is 14.6. The zero-order chi connectivity index (χ0) is 27.6. The zero-order valence-electron chi connectivity index (χ0n) is 22.2. The van der Waals surface area contributed by atoms with E-state index in [-0.39, 0.29) is 22.6 Å². The largest absolute Gasteiger partial charge is 0.506 e. The second kappa shape index (κ2) is 14.5. The van der Waals surface area contributed by atoms with Crippen molar-refractivity contribution < 1.29 is 18.7 Å². The SMILES string of the molecule is O=C(CCN(CCNCCc1ccc(O)c2[nH]c(=O)sc12)CCc1ccc(F)cc1F)NC1CCCCCC1. The van der Waals surface area contributed by atoms with E-state index in [0.717, 1.165) is 53.3 Å². The van der Waals surface area contributed by atoms with Crippen LogP contribution >= 0.6 is 11.3 Å². The minimum absolute atomic E-state index is 0.0506. The van der Waals surface area contributed by atoms with Crippen molar-refractivity contribution in [3.8, 4) is 5.75 Å². The Hall–Kier alpha value is -2.82. The van der Waals surface area contributed by atoms with Gasteiger partial charge in [-0.1, -0.05) is 49.2 Å². The van der Waals surface area contributed by atoms with Gasteiger partial charge in [-0.25, -0.2) is 8.78 Å². The molecule has 1 aliphatic carbocycles. The number of halogens is 2. The number of aromatic nitrogens is 1. The number of phenolic OH excluding ortho intramolecular Hbond substituents is 1. The van der Waals surface area contributed by atoms with Crippen molar-refractivity contribution in [1.29, 1.82) is 0 Å². The second-order valence-electron chi connectivity index (χ2n) is 10.3. The first-order valence-corrected chi connectivity index (χ1v) is 14.7. The molecule has 10 heteroatoms. The van der Waals surface area contributed by atoms with Crippen molar-refractivity contribution in [1.82, 2.24) is 20.5 Å². The summed E-state index contributed by atoms with van der Waals surface area (Å²) in [6, 6.07) is 7.34. The number of aromatic amines is 1. The van der Waals surface area contributed by atoms with Crippen LogP contribution in [0.15, 0.2) is 35.1 Å². The minimum atomic E-state index is -0.592. The summed E-state index contributed by atoms with van der Waals surface area (Å²) >= 11 is 1.09. The molecule has 0 atom stereocenters. The van der Waals surface area contributed by atoms with Crippen molar-refractivity contribution in [3.63, 3.8) is 0 Å². The van der Waals surface area contributed by atoms with Crippen molar-refractivity contribution in [2.24, 2.45) is 0 Å². The predicted molar refractivity (Wildman–Crippen MR) is 151 cm³/mol. The van der Waals surface area contributed by atoms with Gasteiger partial charge in [-0.15, -0.1) is 0 Å². The minimum Gasteiger partial charge on any atom is -0.506 e. The molecule has 0 bridgehead atoms. The Morgan fingerprint density at radius 3 is 2.54 bits per heavy atom. The fourth-order valence-electron chi connectivity index (χ4n) is 5.18. The van der Waals surface area contributed by atoms with Crippen LogP contribution in [0, 0.1) is 11.6 Å². The number of rotatable bonds is 13. The van der Waals surface area contributed by atoms with Gasteiger partial charge in [0.15, 0.2) is 0 Å². The predicted octanol–water partition coefficient (Wildman–Crippen LogP) is 4.48. The van der Waals surface area contributed by atoms with E-state index in [1.807, 2.05) is 6.07 Å². The van der Waals surface area contributed by atoms with Crippen LogP contribution in [-0.4, -0.2) is 59.7 Å². The van der Waals surface area contributed by atoms with E-state index in [1.165, 1.54) is 25.0 Å². The van der Waals surface area contributed by atoms with E-state index in [1.54, 1.807) is 6.07 Å². The van der Waals surface area contributed by atoms with Gasteiger partial charge in [-0.3, -0.25) is 9.59 Å². The lowest BCUT2D eigenvalue weighted by atomic mass is 10.1. The van der Waals surface area contributed by atoms with E-state index in [9.17, 15) is 23.5 Å². The molecule has 1 heterocycles. The van der Waals surface area contributed by atoms with E-state index in [4.69, 9.17) is 0 Å². The third-order valence-electron chi connectivity index (χ3n) is 7.40. The summed E-state index contributed by atoms with van der Waals surface area (Å²) in [5.41, 5.74) is 1.92. The Balaban J connectivity index is 1.27. The molecule has 2 aromatic carbocycles. The molecular formula is C29H38F2N4O3S. The third kappa shape index (κ3) is 8.84. The lowest BCUT2D eigenvalue weighted by molar-refractivity contribution is -0.122. The summed E-state index contributed by atoms with van der Waals surface area (Å²) in [4.78, 5) is 29.0. The summed E-state index contributed by atoms with van der Waals surface area (Å²) in [6.45, 7) is 3.12. The molecule has 3 aromatic rings. The highest BCUT2D eigenvalue weighted by atomic mass is 32.1. The van der Waals surface area contributed by atoms with E-state index in [2.05, 4.69) is 20.5 Å². The fourth-order valence-corrected chi connectivity index (χ4v) is 6.07. The maximum absolute atomic E-state index is 14.2. The summed E-state index contributed by atoms with van der Waals surface area (Å²) < 4.78 is 28.3.